The van der Waals surface area contributed by atoms with Gasteiger partial charge < -0.3 is 4.74 Å². The van der Waals surface area contributed by atoms with Gasteiger partial charge in [0.15, 0.2) is 11.7 Å². The molecular weight excluding hydrogens is 322 g/mol. The maximum absolute atomic E-state index is 12.9. The molecule has 24 heavy (non-hydrogen) atoms. The van der Waals surface area contributed by atoms with Crippen LogP contribution in [0.25, 0.3) is 10.2 Å². The van der Waals surface area contributed by atoms with E-state index in [1.54, 1.807) is 18.3 Å². The third kappa shape index (κ3) is 3.12. The minimum Gasteiger partial charge on any atom is -0.474 e. The molecule has 0 unspecified atom stereocenters. The number of nitrogens with zero attached hydrogens (tertiary/aromatic N) is 3. The molecule has 0 N–H and O–H groups in total. The minimum absolute atomic E-state index is 0.116. The maximum atomic E-state index is 12.9. The van der Waals surface area contributed by atoms with Crippen molar-refractivity contribution in [2.24, 2.45) is 0 Å². The number of pyridine rings is 1. The van der Waals surface area contributed by atoms with Crippen LogP contribution in [-0.2, 0) is 0 Å². The van der Waals surface area contributed by atoms with Gasteiger partial charge in [0.05, 0.1) is 28.0 Å². The van der Waals surface area contributed by atoms with Gasteiger partial charge in [-0.05, 0) is 38.1 Å². The number of rotatable bonds is 5. The van der Waals surface area contributed by atoms with E-state index >= 15 is 0 Å². The summed E-state index contributed by atoms with van der Waals surface area (Å²) in [6.07, 6.45) is 1.45. The number of nitriles is 1. The zero-order valence-corrected chi connectivity index (χ0v) is 14.1. The molecule has 0 spiro atoms. The Kier molecular flexibility index (Phi) is 4.54. The number of fused-ring (bicyclic) bond motifs is 1. The van der Waals surface area contributed by atoms with Crippen LogP contribution in [0.5, 0.6) is 5.88 Å². The standard InChI is InChI=1S/C18H15N3O2S/c1-11(2)23-17-12(6-5-9-20-17)16(22)13(10-19)18-21-14-7-3-4-8-15(14)24-18/h3-9,11,13H,1-2H3/t13-/m1/s1. The molecule has 3 rings (SSSR count). The number of ether oxygens (including phenoxy) is 1. The van der Waals surface area contributed by atoms with Crippen molar-refractivity contribution in [1.29, 1.82) is 5.26 Å². The second kappa shape index (κ2) is 6.77. The molecule has 0 aliphatic heterocycles. The van der Waals surface area contributed by atoms with Crippen LogP contribution in [-0.4, -0.2) is 21.9 Å². The zero-order valence-electron chi connectivity index (χ0n) is 13.3. The molecule has 6 heteroatoms. The van der Waals surface area contributed by atoms with Crippen molar-refractivity contribution < 1.29 is 9.53 Å². The van der Waals surface area contributed by atoms with Crippen molar-refractivity contribution in [2.45, 2.75) is 25.9 Å². The van der Waals surface area contributed by atoms with Crippen molar-refractivity contribution >= 4 is 27.3 Å². The van der Waals surface area contributed by atoms with Crippen molar-refractivity contribution in [1.82, 2.24) is 9.97 Å². The molecule has 3 aromatic rings. The predicted molar refractivity (Wildman–Crippen MR) is 92.3 cm³/mol. The third-order valence-electron chi connectivity index (χ3n) is 3.33. The molecule has 0 saturated heterocycles. The average Bonchev–Trinajstić information content (AvgIpc) is 2.99. The van der Waals surface area contributed by atoms with Crippen molar-refractivity contribution in [3.05, 3.63) is 53.2 Å². The van der Waals surface area contributed by atoms with Gasteiger partial charge in [0, 0.05) is 6.20 Å². The Balaban J connectivity index is 2.00. The topological polar surface area (TPSA) is 75.9 Å². The average molecular weight is 337 g/mol. The number of ketones is 1. The smallest absolute Gasteiger partial charge is 0.224 e. The lowest BCUT2D eigenvalue weighted by Crippen LogP contribution is -2.16. The fraction of sp³-hybridized carbons (Fsp3) is 0.222. The molecule has 0 aliphatic carbocycles. The number of benzene rings is 1. The van der Waals surface area contributed by atoms with E-state index in [-0.39, 0.29) is 17.8 Å². The highest BCUT2D eigenvalue weighted by molar-refractivity contribution is 7.18. The molecule has 0 radical (unpaired) electrons. The Bertz CT molecular complexity index is 894. The summed E-state index contributed by atoms with van der Waals surface area (Å²) in [7, 11) is 0. The first-order chi connectivity index (χ1) is 11.6. The molecule has 2 heterocycles. The summed E-state index contributed by atoms with van der Waals surface area (Å²) >= 11 is 1.36. The van der Waals surface area contributed by atoms with Gasteiger partial charge in [0.25, 0.3) is 0 Å². The highest BCUT2D eigenvalue weighted by atomic mass is 32.1. The summed E-state index contributed by atoms with van der Waals surface area (Å²) in [5, 5.41) is 10.0. The lowest BCUT2D eigenvalue weighted by atomic mass is 10.0. The first kappa shape index (κ1) is 16.1. The van der Waals surface area contributed by atoms with Gasteiger partial charge in [-0.15, -0.1) is 11.3 Å². The van der Waals surface area contributed by atoms with Crippen LogP contribution in [0.2, 0.25) is 0 Å². The highest BCUT2D eigenvalue weighted by Gasteiger charge is 2.28. The molecule has 2 aromatic heterocycles. The van der Waals surface area contributed by atoms with E-state index < -0.39 is 5.92 Å². The third-order valence-corrected chi connectivity index (χ3v) is 4.43. The van der Waals surface area contributed by atoms with Crippen molar-refractivity contribution in [2.75, 3.05) is 0 Å². The Morgan fingerprint density at radius 2 is 2.04 bits per heavy atom. The van der Waals surface area contributed by atoms with E-state index in [1.807, 2.05) is 38.1 Å². The quantitative estimate of drug-likeness (QED) is 0.658. The van der Waals surface area contributed by atoms with Crippen LogP contribution < -0.4 is 4.74 Å². The van der Waals surface area contributed by atoms with Crippen LogP contribution in [0.3, 0.4) is 0 Å². The van der Waals surface area contributed by atoms with Gasteiger partial charge in [-0.25, -0.2) is 9.97 Å². The monoisotopic (exact) mass is 337 g/mol. The molecule has 0 amide bonds. The molecule has 0 aliphatic rings. The number of hydrogen-bond acceptors (Lipinski definition) is 6. The van der Waals surface area contributed by atoms with E-state index in [4.69, 9.17) is 4.74 Å². The Hall–Kier alpha value is -2.78. The molecule has 1 aromatic carbocycles. The number of carbonyl (C=O) groups excluding carboxylic acids is 1. The normalized spacial score (nSPS) is 12.1. The van der Waals surface area contributed by atoms with Gasteiger partial charge in [-0.1, -0.05) is 12.1 Å². The number of carbonyl (C=O) groups is 1. The molecule has 0 bridgehead atoms. The van der Waals surface area contributed by atoms with Crippen LogP contribution in [0.15, 0.2) is 42.6 Å². The SMILES string of the molecule is CC(C)Oc1ncccc1C(=O)[C@@H](C#N)c1nc2ccccc2s1. The van der Waals surface area contributed by atoms with Crippen LogP contribution in [0, 0.1) is 11.3 Å². The summed E-state index contributed by atoms with van der Waals surface area (Å²) in [5.41, 5.74) is 1.09. The first-order valence-electron chi connectivity index (χ1n) is 7.51. The number of Topliss-reactive ketones (excluding diaryl/α,β-unsaturated/α-hetero) is 1. The van der Waals surface area contributed by atoms with Crippen molar-refractivity contribution in [3.8, 4) is 11.9 Å². The minimum atomic E-state index is -0.971. The fourth-order valence-corrected chi connectivity index (χ4v) is 3.30. The predicted octanol–water partition coefficient (Wildman–Crippen LogP) is 3.97. The van der Waals surface area contributed by atoms with Crippen LogP contribution in [0.4, 0.5) is 0 Å². The second-order valence-electron chi connectivity index (χ2n) is 5.47. The second-order valence-corrected chi connectivity index (χ2v) is 6.53. The number of aromatic nitrogens is 2. The number of para-hydroxylation sites is 1. The fourth-order valence-electron chi connectivity index (χ4n) is 2.29. The van der Waals surface area contributed by atoms with Gasteiger partial charge in [0.1, 0.15) is 5.01 Å². The zero-order chi connectivity index (χ0) is 17.1. The maximum Gasteiger partial charge on any atom is 0.224 e. The van der Waals surface area contributed by atoms with E-state index in [0.29, 0.717) is 10.6 Å². The molecule has 5 nitrogen and oxygen atoms in total. The van der Waals surface area contributed by atoms with E-state index in [1.165, 1.54) is 11.3 Å². The van der Waals surface area contributed by atoms with Gasteiger partial charge in [-0.2, -0.15) is 5.26 Å². The Labute approximate surface area is 143 Å². The van der Waals surface area contributed by atoms with E-state index in [2.05, 4.69) is 16.0 Å². The summed E-state index contributed by atoms with van der Waals surface area (Å²) in [5.74, 6) is -1.07. The lowest BCUT2D eigenvalue weighted by Gasteiger charge is -2.13. The van der Waals surface area contributed by atoms with Crippen LogP contribution in [0.1, 0.15) is 35.1 Å². The van der Waals surface area contributed by atoms with E-state index in [0.717, 1.165) is 10.2 Å². The summed E-state index contributed by atoms with van der Waals surface area (Å²) in [6, 6.07) is 12.9. The lowest BCUT2D eigenvalue weighted by molar-refractivity contribution is 0.0972. The van der Waals surface area contributed by atoms with Crippen molar-refractivity contribution in [3.63, 3.8) is 0 Å². The van der Waals surface area contributed by atoms with E-state index in [9.17, 15) is 10.1 Å². The molecule has 0 saturated carbocycles. The van der Waals surface area contributed by atoms with Crippen LogP contribution >= 0.6 is 11.3 Å². The number of thiazole rings is 1. The Morgan fingerprint density at radius 1 is 1.25 bits per heavy atom. The highest BCUT2D eigenvalue weighted by Crippen LogP contribution is 2.31. The van der Waals surface area contributed by atoms with Gasteiger partial charge >= 0.3 is 0 Å². The molecular formula is C18H15N3O2S. The number of hydrogen-bond donors (Lipinski definition) is 0. The van der Waals surface area contributed by atoms with Gasteiger partial charge in [0.2, 0.25) is 5.88 Å². The first-order valence-corrected chi connectivity index (χ1v) is 8.32. The Morgan fingerprint density at radius 3 is 2.75 bits per heavy atom. The summed E-state index contributed by atoms with van der Waals surface area (Å²) in [4.78, 5) is 21.4. The van der Waals surface area contributed by atoms with Gasteiger partial charge in [-0.3, -0.25) is 4.79 Å². The molecule has 0 fully saturated rings. The summed E-state index contributed by atoms with van der Waals surface area (Å²) < 4.78 is 6.55. The summed E-state index contributed by atoms with van der Waals surface area (Å²) in [6.45, 7) is 3.72. The largest absolute Gasteiger partial charge is 0.474 e. The molecule has 1 atom stereocenters. The molecule has 120 valence electrons.